The number of carbonyl (C=O) groups excluding carboxylic acids is 1. The van der Waals surface area contributed by atoms with E-state index in [1.54, 1.807) is 4.90 Å². The summed E-state index contributed by atoms with van der Waals surface area (Å²) < 4.78 is 5.31. The van der Waals surface area contributed by atoms with Crippen LogP contribution in [0.3, 0.4) is 0 Å². The van der Waals surface area contributed by atoms with E-state index in [-0.39, 0.29) is 6.09 Å². The molecule has 0 aromatic heterocycles. The molecule has 0 radical (unpaired) electrons. The predicted molar refractivity (Wildman–Crippen MR) is 66.5 cm³/mol. The maximum atomic E-state index is 11.8. The molecular formula is C11H23NO2S. The molecule has 0 N–H and O–H groups in total. The molecule has 0 atom stereocenters. The second-order valence-corrected chi connectivity index (χ2v) is 5.49. The Balaban J connectivity index is 4.28. The Hall–Kier alpha value is -0.380. The Morgan fingerprint density at radius 2 is 1.93 bits per heavy atom. The van der Waals surface area contributed by atoms with Crippen LogP contribution in [0.1, 0.15) is 34.6 Å². The molecule has 0 saturated carbocycles. The first-order valence-electron chi connectivity index (χ1n) is 5.35. The Labute approximate surface area is 98.6 Å². The lowest BCUT2D eigenvalue weighted by molar-refractivity contribution is 0.0241. The van der Waals surface area contributed by atoms with Gasteiger partial charge in [0.25, 0.3) is 0 Å². The highest BCUT2D eigenvalue weighted by Crippen LogP contribution is 2.11. The molecule has 0 rings (SSSR count). The summed E-state index contributed by atoms with van der Waals surface area (Å²) in [4.78, 5) is 13.5. The van der Waals surface area contributed by atoms with E-state index in [1.165, 1.54) is 0 Å². The number of hydrogen-bond acceptors (Lipinski definition) is 3. The molecule has 0 bridgehead atoms. The summed E-state index contributed by atoms with van der Waals surface area (Å²) in [7, 11) is 0. The third kappa shape index (κ3) is 7.54. The number of rotatable bonds is 4. The number of nitrogens with zero attached hydrogens (tertiary/aromatic N) is 1. The monoisotopic (exact) mass is 233 g/mol. The van der Waals surface area contributed by atoms with E-state index in [2.05, 4.69) is 26.5 Å². The zero-order valence-corrected chi connectivity index (χ0v) is 11.3. The fraction of sp³-hybridized carbons (Fsp3) is 0.909. The molecule has 0 aliphatic heterocycles. The Morgan fingerprint density at radius 1 is 1.40 bits per heavy atom. The van der Waals surface area contributed by atoms with Crippen LogP contribution in [0.4, 0.5) is 4.79 Å². The first-order chi connectivity index (χ1) is 6.76. The van der Waals surface area contributed by atoms with Crippen molar-refractivity contribution in [3.63, 3.8) is 0 Å². The quantitative estimate of drug-likeness (QED) is 0.757. The summed E-state index contributed by atoms with van der Waals surface area (Å²) in [6.07, 6.45) is -0.245. The van der Waals surface area contributed by atoms with Crippen LogP contribution >= 0.6 is 12.6 Å². The van der Waals surface area contributed by atoms with E-state index >= 15 is 0 Å². The third-order valence-electron chi connectivity index (χ3n) is 1.61. The highest BCUT2D eigenvalue weighted by molar-refractivity contribution is 7.80. The third-order valence-corrected chi connectivity index (χ3v) is 1.81. The van der Waals surface area contributed by atoms with E-state index in [0.717, 1.165) is 6.54 Å². The Morgan fingerprint density at radius 3 is 2.27 bits per heavy atom. The van der Waals surface area contributed by atoms with Crippen molar-refractivity contribution in [3.05, 3.63) is 0 Å². The van der Waals surface area contributed by atoms with Crippen molar-refractivity contribution in [2.24, 2.45) is 5.92 Å². The van der Waals surface area contributed by atoms with Gasteiger partial charge in [-0.25, -0.2) is 4.79 Å². The summed E-state index contributed by atoms with van der Waals surface area (Å²) in [5, 5.41) is 0. The molecule has 0 unspecified atom stereocenters. The van der Waals surface area contributed by atoms with Crippen molar-refractivity contribution in [1.82, 2.24) is 4.90 Å². The zero-order valence-electron chi connectivity index (χ0n) is 10.4. The molecule has 0 fully saturated rings. The van der Waals surface area contributed by atoms with Crippen LogP contribution in [0.15, 0.2) is 0 Å². The van der Waals surface area contributed by atoms with Gasteiger partial charge in [-0.3, -0.25) is 0 Å². The van der Waals surface area contributed by atoms with Crippen molar-refractivity contribution in [2.45, 2.75) is 40.2 Å². The summed E-state index contributed by atoms with van der Waals surface area (Å²) in [6, 6.07) is 0. The summed E-state index contributed by atoms with van der Waals surface area (Å²) >= 11 is 4.14. The number of thiol groups is 1. The lowest BCUT2D eigenvalue weighted by atomic mass is 10.2. The highest BCUT2D eigenvalue weighted by atomic mass is 32.1. The van der Waals surface area contributed by atoms with Gasteiger partial charge in [0, 0.05) is 18.8 Å². The van der Waals surface area contributed by atoms with Crippen molar-refractivity contribution in [2.75, 3.05) is 18.8 Å². The van der Waals surface area contributed by atoms with Crippen molar-refractivity contribution in [3.8, 4) is 0 Å². The second-order valence-electron chi connectivity index (χ2n) is 5.04. The Bertz CT molecular complexity index is 199. The van der Waals surface area contributed by atoms with Crippen molar-refractivity contribution in [1.29, 1.82) is 0 Å². The molecule has 90 valence electrons. The fourth-order valence-electron chi connectivity index (χ4n) is 1.15. The lowest BCUT2D eigenvalue weighted by Gasteiger charge is -2.28. The van der Waals surface area contributed by atoms with Crippen LogP contribution < -0.4 is 0 Å². The molecule has 1 amide bonds. The molecule has 4 heteroatoms. The van der Waals surface area contributed by atoms with Crippen LogP contribution in [0, 0.1) is 5.92 Å². The van der Waals surface area contributed by atoms with Gasteiger partial charge >= 0.3 is 6.09 Å². The SMILES string of the molecule is CC(C)CN(CCS)C(=O)OC(C)(C)C. The van der Waals surface area contributed by atoms with E-state index in [0.29, 0.717) is 18.2 Å². The van der Waals surface area contributed by atoms with Crippen molar-refractivity contribution >= 4 is 18.7 Å². The van der Waals surface area contributed by atoms with E-state index in [4.69, 9.17) is 4.74 Å². The molecule has 0 heterocycles. The minimum atomic E-state index is -0.428. The van der Waals surface area contributed by atoms with E-state index < -0.39 is 5.60 Å². The maximum absolute atomic E-state index is 11.8. The maximum Gasteiger partial charge on any atom is 0.410 e. The summed E-state index contributed by atoms with van der Waals surface area (Å²) in [5.41, 5.74) is -0.428. The van der Waals surface area contributed by atoms with Gasteiger partial charge in [-0.2, -0.15) is 12.6 Å². The second kappa shape index (κ2) is 6.26. The van der Waals surface area contributed by atoms with Crippen LogP contribution in [0.2, 0.25) is 0 Å². The average molecular weight is 233 g/mol. The first-order valence-corrected chi connectivity index (χ1v) is 5.98. The van der Waals surface area contributed by atoms with Gasteiger partial charge in [-0.05, 0) is 26.7 Å². The zero-order chi connectivity index (χ0) is 12.1. The van der Waals surface area contributed by atoms with Crippen LogP contribution in [-0.4, -0.2) is 35.4 Å². The first kappa shape index (κ1) is 14.6. The Kier molecular flexibility index (Phi) is 6.10. The number of hydrogen-bond donors (Lipinski definition) is 1. The number of carbonyl (C=O) groups is 1. The van der Waals surface area contributed by atoms with E-state index in [1.807, 2.05) is 20.8 Å². The van der Waals surface area contributed by atoms with Crippen LogP contribution in [0.25, 0.3) is 0 Å². The normalized spacial score (nSPS) is 11.7. The molecule has 15 heavy (non-hydrogen) atoms. The minimum Gasteiger partial charge on any atom is -0.444 e. The number of amides is 1. The fourth-order valence-corrected chi connectivity index (χ4v) is 1.39. The van der Waals surface area contributed by atoms with Gasteiger partial charge in [0.2, 0.25) is 0 Å². The molecule has 0 aliphatic rings. The summed E-state index contributed by atoms with van der Waals surface area (Å²) in [5.74, 6) is 1.10. The van der Waals surface area contributed by atoms with Gasteiger partial charge in [0.1, 0.15) is 5.60 Å². The summed E-state index contributed by atoms with van der Waals surface area (Å²) in [6.45, 7) is 11.1. The van der Waals surface area contributed by atoms with Gasteiger partial charge in [0.15, 0.2) is 0 Å². The molecule has 0 spiro atoms. The van der Waals surface area contributed by atoms with E-state index in [9.17, 15) is 4.79 Å². The van der Waals surface area contributed by atoms with Gasteiger partial charge in [-0.1, -0.05) is 13.8 Å². The van der Waals surface area contributed by atoms with Gasteiger partial charge < -0.3 is 9.64 Å². The lowest BCUT2D eigenvalue weighted by Crippen LogP contribution is -2.39. The largest absolute Gasteiger partial charge is 0.444 e. The average Bonchev–Trinajstić information content (AvgIpc) is 1.99. The minimum absolute atomic E-state index is 0.245. The molecule has 0 saturated heterocycles. The smallest absolute Gasteiger partial charge is 0.410 e. The molecule has 0 aromatic rings. The number of ether oxygens (including phenoxy) is 1. The van der Waals surface area contributed by atoms with Gasteiger partial charge in [0.05, 0.1) is 0 Å². The van der Waals surface area contributed by atoms with Crippen molar-refractivity contribution < 1.29 is 9.53 Å². The topological polar surface area (TPSA) is 29.5 Å². The van der Waals surface area contributed by atoms with Crippen LogP contribution in [-0.2, 0) is 4.74 Å². The predicted octanol–water partition coefficient (Wildman–Crippen LogP) is 2.81. The van der Waals surface area contributed by atoms with Gasteiger partial charge in [-0.15, -0.1) is 0 Å². The standard InChI is InChI=1S/C11H23NO2S/c1-9(2)8-12(6-7-15)10(13)14-11(3,4)5/h9,15H,6-8H2,1-5H3. The highest BCUT2D eigenvalue weighted by Gasteiger charge is 2.21. The molecule has 0 aliphatic carbocycles. The van der Waals surface area contributed by atoms with Crippen LogP contribution in [0.5, 0.6) is 0 Å². The molecule has 0 aromatic carbocycles. The molecular weight excluding hydrogens is 210 g/mol. The molecule has 3 nitrogen and oxygen atoms in total.